The molecule has 0 spiro atoms. The fourth-order valence-electron chi connectivity index (χ4n) is 0.560. The Hall–Kier alpha value is -0.690. The minimum Gasteiger partial charge on any atom is -0.295 e. The van der Waals surface area contributed by atoms with Crippen molar-refractivity contribution in [1.29, 1.82) is 0 Å². The summed E-state index contributed by atoms with van der Waals surface area (Å²) in [6, 6.07) is -0.475. The van der Waals surface area contributed by atoms with Gasteiger partial charge in [0.25, 0.3) is 0 Å². The van der Waals surface area contributed by atoms with E-state index in [9.17, 15) is 13.2 Å². The SMILES string of the molecule is C#CC(CC)NCC(F)(F)F. The quantitative estimate of drug-likeness (QED) is 0.625. The van der Waals surface area contributed by atoms with Gasteiger partial charge in [-0.1, -0.05) is 12.8 Å². The van der Waals surface area contributed by atoms with Crippen LogP contribution in [0.5, 0.6) is 0 Å². The van der Waals surface area contributed by atoms with E-state index in [0.29, 0.717) is 6.42 Å². The highest BCUT2D eigenvalue weighted by Crippen LogP contribution is 2.12. The molecule has 1 unspecified atom stereocenters. The zero-order chi connectivity index (χ0) is 8.91. The van der Waals surface area contributed by atoms with E-state index in [-0.39, 0.29) is 0 Å². The molecule has 0 bridgehead atoms. The van der Waals surface area contributed by atoms with Gasteiger partial charge in [-0.2, -0.15) is 13.2 Å². The smallest absolute Gasteiger partial charge is 0.295 e. The molecule has 0 saturated carbocycles. The van der Waals surface area contributed by atoms with Gasteiger partial charge in [0.05, 0.1) is 12.6 Å². The van der Waals surface area contributed by atoms with E-state index in [4.69, 9.17) is 6.42 Å². The molecule has 0 aliphatic carbocycles. The maximum Gasteiger partial charge on any atom is 0.401 e. The number of rotatable bonds is 3. The largest absolute Gasteiger partial charge is 0.401 e. The van der Waals surface area contributed by atoms with Crippen molar-refractivity contribution in [2.75, 3.05) is 6.54 Å². The minimum absolute atomic E-state index is 0.475. The van der Waals surface area contributed by atoms with Crippen LogP contribution in [-0.4, -0.2) is 18.8 Å². The Bertz CT molecular complexity index is 145. The number of hydrogen-bond donors (Lipinski definition) is 1. The highest BCUT2D eigenvalue weighted by Gasteiger charge is 2.27. The van der Waals surface area contributed by atoms with Crippen molar-refractivity contribution < 1.29 is 13.2 Å². The van der Waals surface area contributed by atoms with E-state index in [1.165, 1.54) is 0 Å². The summed E-state index contributed by atoms with van der Waals surface area (Å²) in [5.41, 5.74) is 0. The first-order chi connectivity index (χ1) is 4.99. The monoisotopic (exact) mass is 165 g/mol. The topological polar surface area (TPSA) is 12.0 Å². The summed E-state index contributed by atoms with van der Waals surface area (Å²) in [5.74, 6) is 2.21. The molecule has 0 fully saturated rings. The van der Waals surface area contributed by atoms with E-state index < -0.39 is 18.8 Å². The Morgan fingerprint density at radius 2 is 2.09 bits per heavy atom. The Morgan fingerprint density at radius 1 is 1.55 bits per heavy atom. The van der Waals surface area contributed by atoms with Gasteiger partial charge in [0.1, 0.15) is 0 Å². The fourth-order valence-corrected chi connectivity index (χ4v) is 0.560. The van der Waals surface area contributed by atoms with Crippen molar-refractivity contribution in [2.45, 2.75) is 25.6 Å². The minimum atomic E-state index is -4.18. The van der Waals surface area contributed by atoms with E-state index in [1.807, 2.05) is 0 Å². The lowest BCUT2D eigenvalue weighted by atomic mass is 10.2. The lowest BCUT2D eigenvalue weighted by molar-refractivity contribution is -0.125. The van der Waals surface area contributed by atoms with Gasteiger partial charge in [0.2, 0.25) is 0 Å². The average Bonchev–Trinajstić information content (AvgIpc) is 1.88. The van der Waals surface area contributed by atoms with Gasteiger partial charge in [-0.05, 0) is 6.42 Å². The summed E-state index contributed by atoms with van der Waals surface area (Å²) >= 11 is 0. The molecule has 1 N–H and O–H groups in total. The van der Waals surface area contributed by atoms with Crippen LogP contribution < -0.4 is 5.32 Å². The van der Waals surface area contributed by atoms with E-state index in [1.54, 1.807) is 6.92 Å². The van der Waals surface area contributed by atoms with Gasteiger partial charge in [0.15, 0.2) is 0 Å². The molecule has 4 heteroatoms. The summed E-state index contributed by atoms with van der Waals surface area (Å²) in [4.78, 5) is 0. The van der Waals surface area contributed by atoms with Crippen LogP contribution in [0.3, 0.4) is 0 Å². The van der Waals surface area contributed by atoms with Gasteiger partial charge < -0.3 is 0 Å². The second kappa shape index (κ2) is 4.24. The highest BCUT2D eigenvalue weighted by atomic mass is 19.4. The van der Waals surface area contributed by atoms with E-state index in [2.05, 4.69) is 11.2 Å². The zero-order valence-electron chi connectivity index (χ0n) is 6.20. The molecular formula is C7H10F3N. The molecule has 0 aliphatic rings. The summed E-state index contributed by atoms with van der Waals surface area (Å²) in [5, 5.41) is 2.20. The van der Waals surface area contributed by atoms with E-state index >= 15 is 0 Å². The predicted molar refractivity (Wildman–Crippen MR) is 37.0 cm³/mol. The van der Waals surface area contributed by atoms with Crippen LogP contribution in [0.2, 0.25) is 0 Å². The number of hydrogen-bond acceptors (Lipinski definition) is 1. The van der Waals surface area contributed by atoms with Crippen molar-refractivity contribution in [3.8, 4) is 12.3 Å². The maximum absolute atomic E-state index is 11.6. The Kier molecular flexibility index (Phi) is 3.98. The Labute approximate surface area is 64.0 Å². The van der Waals surface area contributed by atoms with Crippen molar-refractivity contribution in [2.24, 2.45) is 0 Å². The van der Waals surface area contributed by atoms with Crippen LogP contribution in [0.15, 0.2) is 0 Å². The Balaban J connectivity index is 3.62. The van der Waals surface area contributed by atoms with Crippen LogP contribution >= 0.6 is 0 Å². The molecule has 1 atom stereocenters. The normalized spacial score (nSPS) is 14.1. The van der Waals surface area contributed by atoms with Crippen molar-refractivity contribution in [1.82, 2.24) is 5.32 Å². The van der Waals surface area contributed by atoms with Crippen molar-refractivity contribution >= 4 is 0 Å². The predicted octanol–water partition coefficient (Wildman–Crippen LogP) is 1.55. The molecule has 0 aromatic rings. The molecule has 0 aliphatic heterocycles. The first kappa shape index (κ1) is 10.3. The maximum atomic E-state index is 11.6. The molecule has 0 heterocycles. The second-order valence-electron chi connectivity index (χ2n) is 2.12. The summed E-state index contributed by atoms with van der Waals surface area (Å²) < 4.78 is 34.7. The van der Waals surface area contributed by atoms with Crippen LogP contribution in [0.25, 0.3) is 0 Å². The number of terminal acetylenes is 1. The van der Waals surface area contributed by atoms with Crippen LogP contribution in [0.4, 0.5) is 13.2 Å². The molecule has 0 aromatic carbocycles. The average molecular weight is 165 g/mol. The van der Waals surface area contributed by atoms with Crippen LogP contribution in [-0.2, 0) is 0 Å². The lowest BCUT2D eigenvalue weighted by Crippen LogP contribution is -2.35. The number of alkyl halides is 3. The van der Waals surface area contributed by atoms with Crippen molar-refractivity contribution in [3.63, 3.8) is 0 Å². The Morgan fingerprint density at radius 3 is 2.36 bits per heavy atom. The van der Waals surface area contributed by atoms with Gasteiger partial charge in [-0.3, -0.25) is 5.32 Å². The van der Waals surface area contributed by atoms with Crippen LogP contribution in [0, 0.1) is 12.3 Å². The van der Waals surface area contributed by atoms with Gasteiger partial charge in [0, 0.05) is 0 Å². The second-order valence-corrected chi connectivity index (χ2v) is 2.12. The molecule has 11 heavy (non-hydrogen) atoms. The molecule has 64 valence electrons. The first-order valence-corrected chi connectivity index (χ1v) is 3.26. The molecule has 0 rings (SSSR count). The molecule has 0 aromatic heterocycles. The van der Waals surface area contributed by atoms with Crippen molar-refractivity contribution in [3.05, 3.63) is 0 Å². The number of nitrogens with one attached hydrogen (secondary N) is 1. The molecular weight excluding hydrogens is 155 g/mol. The molecule has 1 nitrogen and oxygen atoms in total. The standard InChI is InChI=1S/C7H10F3N/c1-3-6(4-2)11-5-7(8,9)10/h1,6,11H,4-5H2,2H3. The summed E-state index contributed by atoms with van der Waals surface area (Å²) in [6.45, 7) is 0.712. The first-order valence-electron chi connectivity index (χ1n) is 3.26. The highest BCUT2D eigenvalue weighted by molar-refractivity contribution is 4.97. The molecule has 0 amide bonds. The fraction of sp³-hybridized carbons (Fsp3) is 0.714. The summed E-state index contributed by atoms with van der Waals surface area (Å²) in [7, 11) is 0. The van der Waals surface area contributed by atoms with Crippen LogP contribution in [0.1, 0.15) is 13.3 Å². The zero-order valence-corrected chi connectivity index (χ0v) is 6.20. The third-order valence-electron chi connectivity index (χ3n) is 1.16. The van der Waals surface area contributed by atoms with Gasteiger partial charge in [-0.15, -0.1) is 6.42 Å². The third-order valence-corrected chi connectivity index (χ3v) is 1.16. The molecule has 0 radical (unpaired) electrons. The van der Waals surface area contributed by atoms with E-state index in [0.717, 1.165) is 0 Å². The number of halogens is 3. The lowest BCUT2D eigenvalue weighted by Gasteiger charge is -2.12. The summed E-state index contributed by atoms with van der Waals surface area (Å²) in [6.07, 6.45) is 1.26. The van der Waals surface area contributed by atoms with Gasteiger partial charge in [-0.25, -0.2) is 0 Å². The molecule has 0 saturated heterocycles. The third kappa shape index (κ3) is 5.74. The van der Waals surface area contributed by atoms with Gasteiger partial charge >= 0.3 is 6.18 Å².